The molecule has 17 heavy (non-hydrogen) atoms. The van der Waals surface area contributed by atoms with E-state index in [0.29, 0.717) is 12.1 Å². The molecule has 1 heterocycles. The molecule has 1 aromatic heterocycles. The van der Waals surface area contributed by atoms with Crippen LogP contribution in [0.1, 0.15) is 29.4 Å². The van der Waals surface area contributed by atoms with Gasteiger partial charge in [-0.2, -0.15) is 0 Å². The van der Waals surface area contributed by atoms with Crippen molar-refractivity contribution in [3.8, 4) is 0 Å². The number of rotatable bonds is 3. The smallest absolute Gasteiger partial charge is 0.252 e. The highest BCUT2D eigenvalue weighted by atomic mass is 16.1. The second-order valence-corrected chi connectivity index (χ2v) is 4.08. The van der Waals surface area contributed by atoms with E-state index in [2.05, 4.69) is 10.3 Å². The van der Waals surface area contributed by atoms with E-state index < -0.39 is 0 Å². The molecule has 0 aliphatic rings. The van der Waals surface area contributed by atoms with Gasteiger partial charge in [-0.25, -0.2) is 0 Å². The first-order chi connectivity index (χ1) is 8.22. The Balaban J connectivity index is 2.48. The lowest BCUT2D eigenvalue weighted by Crippen LogP contribution is -2.24. The number of hydrogen-bond donors (Lipinski definition) is 1. The van der Waals surface area contributed by atoms with Gasteiger partial charge in [0, 0.05) is 17.6 Å². The maximum atomic E-state index is 12.0. The van der Waals surface area contributed by atoms with Gasteiger partial charge in [-0.3, -0.25) is 9.78 Å². The Morgan fingerprint density at radius 2 is 2.12 bits per heavy atom. The molecule has 2 rings (SSSR count). The van der Waals surface area contributed by atoms with Gasteiger partial charge in [-0.05, 0) is 25.5 Å². The molecule has 88 valence electrons. The van der Waals surface area contributed by atoms with Gasteiger partial charge in [0.1, 0.15) is 0 Å². The number of fused-ring (bicyclic) bond motifs is 1. The Hall–Kier alpha value is -1.90. The fourth-order valence-corrected chi connectivity index (χ4v) is 1.83. The molecule has 2 aromatic rings. The van der Waals surface area contributed by atoms with Crippen molar-refractivity contribution >= 4 is 16.8 Å². The minimum atomic E-state index is -0.0199. The highest BCUT2D eigenvalue weighted by molar-refractivity contribution is 6.06. The summed E-state index contributed by atoms with van der Waals surface area (Å²) in [6.07, 6.45) is 0.938. The zero-order valence-electron chi connectivity index (χ0n) is 10.2. The second-order valence-electron chi connectivity index (χ2n) is 4.08. The van der Waals surface area contributed by atoms with Crippen LogP contribution >= 0.6 is 0 Å². The number of carbonyl (C=O) groups is 1. The third-order valence-electron chi connectivity index (χ3n) is 2.62. The minimum absolute atomic E-state index is 0.0199. The number of nitrogens with zero attached hydrogens (tertiary/aromatic N) is 1. The van der Waals surface area contributed by atoms with Crippen LogP contribution in [-0.2, 0) is 0 Å². The molecular formula is C14H16N2O. The first-order valence-corrected chi connectivity index (χ1v) is 5.87. The van der Waals surface area contributed by atoms with Crippen LogP contribution in [0.4, 0.5) is 0 Å². The molecule has 0 bridgehead atoms. The third-order valence-corrected chi connectivity index (χ3v) is 2.62. The lowest BCUT2D eigenvalue weighted by atomic mass is 10.1. The Bertz CT molecular complexity index is 549. The first kappa shape index (κ1) is 11.6. The summed E-state index contributed by atoms with van der Waals surface area (Å²) in [6, 6.07) is 9.56. The van der Waals surface area contributed by atoms with Crippen LogP contribution in [0.5, 0.6) is 0 Å². The number of benzene rings is 1. The zero-order chi connectivity index (χ0) is 12.3. The van der Waals surface area contributed by atoms with E-state index in [4.69, 9.17) is 0 Å². The SMILES string of the molecule is CCCNC(=O)c1cc(C)nc2ccccc12. The Kier molecular flexibility index (Phi) is 3.38. The second kappa shape index (κ2) is 4.95. The summed E-state index contributed by atoms with van der Waals surface area (Å²) in [6.45, 7) is 4.65. The quantitative estimate of drug-likeness (QED) is 0.877. The summed E-state index contributed by atoms with van der Waals surface area (Å²) in [5.41, 5.74) is 2.45. The highest BCUT2D eigenvalue weighted by Crippen LogP contribution is 2.17. The van der Waals surface area contributed by atoms with Gasteiger partial charge in [-0.1, -0.05) is 25.1 Å². The topological polar surface area (TPSA) is 42.0 Å². The number of nitrogens with one attached hydrogen (secondary N) is 1. The molecular weight excluding hydrogens is 212 g/mol. The molecule has 0 aliphatic heterocycles. The summed E-state index contributed by atoms with van der Waals surface area (Å²) < 4.78 is 0. The molecule has 0 aliphatic carbocycles. The van der Waals surface area contributed by atoms with Crippen molar-refractivity contribution in [2.45, 2.75) is 20.3 Å². The average Bonchev–Trinajstić information content (AvgIpc) is 2.34. The minimum Gasteiger partial charge on any atom is -0.352 e. The Labute approximate surface area is 101 Å². The molecule has 0 radical (unpaired) electrons. The van der Waals surface area contributed by atoms with Crippen molar-refractivity contribution in [2.24, 2.45) is 0 Å². The largest absolute Gasteiger partial charge is 0.352 e. The zero-order valence-corrected chi connectivity index (χ0v) is 10.2. The number of aromatic nitrogens is 1. The predicted octanol–water partition coefficient (Wildman–Crippen LogP) is 2.68. The molecule has 0 atom stereocenters. The van der Waals surface area contributed by atoms with E-state index in [1.807, 2.05) is 44.2 Å². The fraction of sp³-hybridized carbons (Fsp3) is 0.286. The van der Waals surface area contributed by atoms with Crippen molar-refractivity contribution in [2.75, 3.05) is 6.54 Å². The predicted molar refractivity (Wildman–Crippen MR) is 69.1 cm³/mol. The molecule has 1 aromatic carbocycles. The summed E-state index contributed by atoms with van der Waals surface area (Å²) in [7, 11) is 0. The van der Waals surface area contributed by atoms with Gasteiger partial charge in [-0.15, -0.1) is 0 Å². The van der Waals surface area contributed by atoms with E-state index in [-0.39, 0.29) is 5.91 Å². The van der Waals surface area contributed by atoms with Crippen molar-refractivity contribution < 1.29 is 4.79 Å². The van der Waals surface area contributed by atoms with Gasteiger partial charge in [0.15, 0.2) is 0 Å². The molecule has 0 fully saturated rings. The highest BCUT2D eigenvalue weighted by Gasteiger charge is 2.10. The molecule has 0 spiro atoms. The van der Waals surface area contributed by atoms with Crippen LogP contribution < -0.4 is 5.32 Å². The molecule has 3 nitrogen and oxygen atoms in total. The summed E-state index contributed by atoms with van der Waals surface area (Å²) in [4.78, 5) is 16.4. The molecule has 1 N–H and O–H groups in total. The van der Waals surface area contributed by atoms with Gasteiger partial charge in [0.2, 0.25) is 0 Å². The van der Waals surface area contributed by atoms with Crippen LogP contribution in [0.3, 0.4) is 0 Å². The lowest BCUT2D eigenvalue weighted by Gasteiger charge is -2.08. The number of amides is 1. The third kappa shape index (κ3) is 2.44. The van der Waals surface area contributed by atoms with Gasteiger partial charge >= 0.3 is 0 Å². The standard InChI is InChI=1S/C14H16N2O/c1-3-8-15-14(17)12-9-10(2)16-13-7-5-4-6-11(12)13/h4-7,9H,3,8H2,1-2H3,(H,15,17). The number of aryl methyl sites for hydroxylation is 1. The van der Waals surface area contributed by atoms with Crippen LogP contribution in [0, 0.1) is 6.92 Å². The lowest BCUT2D eigenvalue weighted by molar-refractivity contribution is 0.0955. The molecule has 1 amide bonds. The maximum absolute atomic E-state index is 12.0. The monoisotopic (exact) mass is 228 g/mol. The normalized spacial score (nSPS) is 10.5. The van der Waals surface area contributed by atoms with Crippen LogP contribution in [-0.4, -0.2) is 17.4 Å². The van der Waals surface area contributed by atoms with Crippen LogP contribution in [0.2, 0.25) is 0 Å². The van der Waals surface area contributed by atoms with Gasteiger partial charge in [0.25, 0.3) is 5.91 Å². The number of para-hydroxylation sites is 1. The van der Waals surface area contributed by atoms with Crippen LogP contribution in [0.25, 0.3) is 10.9 Å². The van der Waals surface area contributed by atoms with E-state index in [0.717, 1.165) is 23.0 Å². The Morgan fingerprint density at radius 3 is 2.88 bits per heavy atom. The number of carbonyl (C=O) groups excluding carboxylic acids is 1. The maximum Gasteiger partial charge on any atom is 0.252 e. The summed E-state index contributed by atoms with van der Waals surface area (Å²) >= 11 is 0. The average molecular weight is 228 g/mol. The summed E-state index contributed by atoms with van der Waals surface area (Å²) in [5.74, 6) is -0.0199. The number of pyridine rings is 1. The summed E-state index contributed by atoms with van der Waals surface area (Å²) in [5, 5.41) is 3.81. The van der Waals surface area contributed by atoms with Gasteiger partial charge in [0.05, 0.1) is 11.1 Å². The van der Waals surface area contributed by atoms with E-state index in [9.17, 15) is 4.79 Å². The van der Waals surface area contributed by atoms with Gasteiger partial charge < -0.3 is 5.32 Å². The van der Waals surface area contributed by atoms with E-state index in [1.165, 1.54) is 0 Å². The molecule has 0 unspecified atom stereocenters. The van der Waals surface area contributed by atoms with Crippen molar-refractivity contribution in [3.63, 3.8) is 0 Å². The molecule has 0 saturated heterocycles. The van der Waals surface area contributed by atoms with Crippen molar-refractivity contribution in [3.05, 3.63) is 41.6 Å². The molecule has 3 heteroatoms. The van der Waals surface area contributed by atoms with E-state index in [1.54, 1.807) is 0 Å². The van der Waals surface area contributed by atoms with Crippen molar-refractivity contribution in [1.29, 1.82) is 0 Å². The Morgan fingerprint density at radius 1 is 1.35 bits per heavy atom. The first-order valence-electron chi connectivity index (χ1n) is 5.87. The van der Waals surface area contributed by atoms with Crippen LogP contribution in [0.15, 0.2) is 30.3 Å². The molecule has 0 saturated carbocycles. The van der Waals surface area contributed by atoms with Crippen molar-refractivity contribution in [1.82, 2.24) is 10.3 Å². The fourth-order valence-electron chi connectivity index (χ4n) is 1.83. The number of hydrogen-bond acceptors (Lipinski definition) is 2. The van der Waals surface area contributed by atoms with E-state index >= 15 is 0 Å².